The molecule has 5 rings (SSSR count). The molecule has 3 N–H and O–H groups in total. The van der Waals surface area contributed by atoms with Crippen molar-refractivity contribution in [3.63, 3.8) is 0 Å². The zero-order valence-corrected chi connectivity index (χ0v) is 20.7. The lowest BCUT2D eigenvalue weighted by atomic mass is 10.0. The maximum atomic E-state index is 13.0. The SMILES string of the molecule is O=C(Cn1cc(-c2cccc(Cl)c2O)c(=O)[nH]c1=O)N1CCC(N2CCc3ccccc3NC2=O)CC1. The molecule has 1 fully saturated rings. The van der Waals surface area contributed by atoms with E-state index in [0.29, 0.717) is 32.5 Å². The largest absolute Gasteiger partial charge is 0.506 e. The third-order valence-electron chi connectivity index (χ3n) is 6.99. The van der Waals surface area contributed by atoms with Gasteiger partial charge in [0.1, 0.15) is 12.3 Å². The number of urea groups is 1. The molecular weight excluding hydrogens is 498 g/mol. The van der Waals surface area contributed by atoms with Crippen molar-refractivity contribution >= 4 is 29.2 Å². The summed E-state index contributed by atoms with van der Waals surface area (Å²) >= 11 is 5.96. The van der Waals surface area contributed by atoms with E-state index in [-0.39, 0.29) is 46.4 Å². The average molecular weight is 524 g/mol. The highest BCUT2D eigenvalue weighted by Gasteiger charge is 2.31. The number of phenolic OH excluding ortho intramolecular Hbond substituents is 1. The molecule has 10 nitrogen and oxygen atoms in total. The molecule has 0 spiro atoms. The van der Waals surface area contributed by atoms with Crippen LogP contribution in [-0.4, -0.2) is 62.1 Å². The summed E-state index contributed by atoms with van der Waals surface area (Å²) in [6.07, 6.45) is 3.26. The summed E-state index contributed by atoms with van der Waals surface area (Å²) in [5, 5.41) is 13.3. The number of para-hydroxylation sites is 2. The minimum atomic E-state index is -0.723. The number of rotatable bonds is 4. The quantitative estimate of drug-likeness (QED) is 0.484. The summed E-state index contributed by atoms with van der Waals surface area (Å²) in [7, 11) is 0. The Morgan fingerprint density at radius 3 is 2.54 bits per heavy atom. The Morgan fingerprint density at radius 2 is 1.76 bits per heavy atom. The third-order valence-corrected chi connectivity index (χ3v) is 7.30. The fourth-order valence-corrected chi connectivity index (χ4v) is 5.14. The molecule has 1 aromatic heterocycles. The highest BCUT2D eigenvalue weighted by molar-refractivity contribution is 6.32. The number of nitrogens with zero attached hydrogens (tertiary/aromatic N) is 3. The standard InChI is InChI=1S/C26H26ClN5O5/c27-20-6-3-5-18(23(20)34)19-14-31(25(36)29-24(19)35)15-22(33)30-11-9-17(10-12-30)32-13-8-16-4-1-2-7-21(16)28-26(32)37/h1-7,14,17,34H,8-13,15H2,(H,28,37)(H,29,35,36). The van der Waals surface area contributed by atoms with Gasteiger partial charge in [0.05, 0.1) is 10.6 Å². The van der Waals surface area contributed by atoms with E-state index >= 15 is 0 Å². The molecule has 0 radical (unpaired) electrons. The van der Waals surface area contributed by atoms with Crippen molar-refractivity contribution in [3.05, 3.63) is 80.1 Å². The van der Waals surface area contributed by atoms with Crippen LogP contribution in [0.2, 0.25) is 5.02 Å². The first-order chi connectivity index (χ1) is 17.8. The van der Waals surface area contributed by atoms with Gasteiger partial charge in [-0.25, -0.2) is 9.59 Å². The van der Waals surface area contributed by atoms with Crippen LogP contribution in [0.4, 0.5) is 10.5 Å². The minimum absolute atomic E-state index is 0.00609. The average Bonchev–Trinajstić information content (AvgIpc) is 3.05. The molecule has 37 heavy (non-hydrogen) atoms. The molecule has 0 saturated carbocycles. The van der Waals surface area contributed by atoms with E-state index in [9.17, 15) is 24.3 Å². The number of aromatic nitrogens is 2. The molecule has 3 amide bonds. The Labute approximate surface area is 217 Å². The van der Waals surface area contributed by atoms with E-state index in [1.165, 1.54) is 18.3 Å². The monoisotopic (exact) mass is 523 g/mol. The second-order valence-corrected chi connectivity index (χ2v) is 9.62. The van der Waals surface area contributed by atoms with Gasteiger partial charge in [-0.2, -0.15) is 0 Å². The Kier molecular flexibility index (Phi) is 6.75. The molecule has 3 aromatic rings. The number of carbonyl (C=O) groups excluding carboxylic acids is 2. The molecular formula is C26H26ClN5O5. The number of amides is 3. The van der Waals surface area contributed by atoms with E-state index in [1.54, 1.807) is 11.0 Å². The van der Waals surface area contributed by atoms with Crippen LogP contribution in [0.3, 0.4) is 0 Å². The summed E-state index contributed by atoms with van der Waals surface area (Å²) in [4.78, 5) is 56.4. The third kappa shape index (κ3) is 4.97. The second kappa shape index (κ2) is 10.1. The number of piperidine rings is 1. The van der Waals surface area contributed by atoms with Gasteiger partial charge in [0, 0.05) is 43.1 Å². The van der Waals surface area contributed by atoms with Crippen molar-refractivity contribution in [3.8, 4) is 16.9 Å². The van der Waals surface area contributed by atoms with Gasteiger partial charge in [-0.05, 0) is 37.0 Å². The van der Waals surface area contributed by atoms with Crippen LogP contribution in [0.15, 0.2) is 58.3 Å². The highest BCUT2D eigenvalue weighted by atomic mass is 35.5. The Morgan fingerprint density at radius 1 is 1.00 bits per heavy atom. The Bertz CT molecular complexity index is 1470. The van der Waals surface area contributed by atoms with Gasteiger partial charge in [-0.15, -0.1) is 0 Å². The number of hydrogen-bond donors (Lipinski definition) is 3. The lowest BCUT2D eigenvalue weighted by Gasteiger charge is -2.38. The van der Waals surface area contributed by atoms with E-state index in [4.69, 9.17) is 11.6 Å². The Hall–Kier alpha value is -4.05. The molecule has 2 aromatic carbocycles. The van der Waals surface area contributed by atoms with E-state index < -0.39 is 11.2 Å². The molecule has 2 aliphatic heterocycles. The first-order valence-corrected chi connectivity index (χ1v) is 12.4. The number of halogens is 1. The number of nitrogens with one attached hydrogen (secondary N) is 2. The van der Waals surface area contributed by atoms with Crippen LogP contribution in [0.5, 0.6) is 5.75 Å². The first-order valence-electron chi connectivity index (χ1n) is 12.1. The zero-order valence-electron chi connectivity index (χ0n) is 19.9. The number of carbonyl (C=O) groups is 2. The van der Waals surface area contributed by atoms with Gasteiger partial charge < -0.3 is 20.2 Å². The van der Waals surface area contributed by atoms with Crippen LogP contribution in [0.25, 0.3) is 11.1 Å². The van der Waals surface area contributed by atoms with Crippen LogP contribution in [0, 0.1) is 0 Å². The minimum Gasteiger partial charge on any atom is -0.506 e. The lowest BCUT2D eigenvalue weighted by molar-refractivity contribution is -0.133. The van der Waals surface area contributed by atoms with Gasteiger partial charge in [0.2, 0.25) is 5.91 Å². The number of fused-ring (bicyclic) bond motifs is 1. The number of benzene rings is 2. The molecule has 2 aliphatic rings. The lowest BCUT2D eigenvalue weighted by Crippen LogP contribution is -2.50. The Balaban J connectivity index is 1.25. The van der Waals surface area contributed by atoms with Gasteiger partial charge in [0.25, 0.3) is 5.56 Å². The van der Waals surface area contributed by atoms with E-state index in [1.807, 2.05) is 29.2 Å². The van der Waals surface area contributed by atoms with Gasteiger partial charge in [-0.1, -0.05) is 41.9 Å². The molecule has 1 saturated heterocycles. The molecule has 0 aliphatic carbocycles. The summed E-state index contributed by atoms with van der Waals surface area (Å²) < 4.78 is 1.12. The fraction of sp³-hybridized carbons (Fsp3) is 0.308. The number of H-pyrrole nitrogens is 1. The van der Waals surface area contributed by atoms with Gasteiger partial charge >= 0.3 is 11.7 Å². The molecule has 192 valence electrons. The number of likely N-dealkylation sites (tertiary alicyclic amines) is 1. The fourth-order valence-electron chi connectivity index (χ4n) is 4.96. The molecule has 0 unspecified atom stereocenters. The van der Waals surface area contributed by atoms with Crippen LogP contribution in [-0.2, 0) is 17.8 Å². The number of anilines is 1. The van der Waals surface area contributed by atoms with Crippen molar-refractivity contribution in [1.29, 1.82) is 0 Å². The van der Waals surface area contributed by atoms with Gasteiger partial charge in [0.15, 0.2) is 0 Å². The van der Waals surface area contributed by atoms with Crippen LogP contribution < -0.4 is 16.6 Å². The molecule has 3 heterocycles. The van der Waals surface area contributed by atoms with Crippen molar-refractivity contribution in [2.45, 2.75) is 31.8 Å². The van der Waals surface area contributed by atoms with Crippen molar-refractivity contribution in [1.82, 2.24) is 19.4 Å². The highest BCUT2D eigenvalue weighted by Crippen LogP contribution is 2.33. The molecule has 0 atom stereocenters. The summed E-state index contributed by atoms with van der Waals surface area (Å²) in [6.45, 7) is 1.22. The van der Waals surface area contributed by atoms with Crippen LogP contribution in [0.1, 0.15) is 18.4 Å². The van der Waals surface area contributed by atoms with E-state index in [2.05, 4.69) is 10.3 Å². The zero-order chi connectivity index (χ0) is 26.1. The topological polar surface area (TPSA) is 128 Å². The normalized spacial score (nSPS) is 16.2. The maximum absolute atomic E-state index is 13.0. The number of aromatic amines is 1. The summed E-state index contributed by atoms with van der Waals surface area (Å²) in [5.41, 5.74) is 0.708. The molecule has 0 bridgehead atoms. The van der Waals surface area contributed by atoms with Crippen LogP contribution >= 0.6 is 11.6 Å². The summed E-state index contributed by atoms with van der Waals surface area (Å²) in [6, 6.07) is 12.2. The number of aromatic hydroxyl groups is 1. The molecule has 11 heteroatoms. The van der Waals surface area contributed by atoms with Gasteiger partial charge in [-0.3, -0.25) is 19.1 Å². The maximum Gasteiger partial charge on any atom is 0.328 e. The number of phenols is 1. The van der Waals surface area contributed by atoms with Crippen molar-refractivity contribution < 1.29 is 14.7 Å². The van der Waals surface area contributed by atoms with Crippen molar-refractivity contribution in [2.24, 2.45) is 0 Å². The predicted molar refractivity (Wildman–Crippen MR) is 139 cm³/mol. The van der Waals surface area contributed by atoms with E-state index in [0.717, 1.165) is 22.2 Å². The second-order valence-electron chi connectivity index (χ2n) is 9.21. The smallest absolute Gasteiger partial charge is 0.328 e. The number of hydrogen-bond acceptors (Lipinski definition) is 5. The van der Waals surface area contributed by atoms with Crippen molar-refractivity contribution in [2.75, 3.05) is 25.0 Å². The first kappa shape index (κ1) is 24.6. The summed E-state index contributed by atoms with van der Waals surface area (Å²) in [5.74, 6) is -0.560. The predicted octanol–water partition coefficient (Wildman–Crippen LogP) is 2.64.